The molecule has 2 rings (SSSR count). The molecule has 0 amide bonds. The molecule has 0 spiro atoms. The predicted molar refractivity (Wildman–Crippen MR) is 76.8 cm³/mol. The number of rotatable bonds is 4. The smallest absolute Gasteiger partial charge is 0.263 e. The van der Waals surface area contributed by atoms with Gasteiger partial charge in [-0.3, -0.25) is 9.40 Å². The number of nitrogens with two attached hydrogens (primary N) is 1. The van der Waals surface area contributed by atoms with Crippen LogP contribution in [0.5, 0.6) is 0 Å². The van der Waals surface area contributed by atoms with Crippen LogP contribution >= 0.6 is 11.6 Å². The molecule has 0 aliphatic rings. The average molecular weight is 351 g/mol. The number of nitrogens with zero attached hydrogens (tertiary/aromatic N) is 2. The molecule has 8 nitrogen and oxygen atoms in total. The van der Waals surface area contributed by atoms with Crippen LogP contribution in [0.3, 0.4) is 0 Å². The van der Waals surface area contributed by atoms with Gasteiger partial charge in [0.05, 0.1) is 4.90 Å². The third-order valence-corrected chi connectivity index (χ3v) is 4.92. The molecule has 3 N–H and O–H groups in total. The average Bonchev–Trinajstić information content (AvgIpc) is 2.69. The maximum Gasteiger partial charge on any atom is 0.263 e. The molecule has 0 aliphatic carbocycles. The second kappa shape index (κ2) is 5.30. The van der Waals surface area contributed by atoms with Crippen molar-refractivity contribution in [1.82, 2.24) is 9.78 Å². The fourth-order valence-corrected chi connectivity index (χ4v) is 3.61. The van der Waals surface area contributed by atoms with Gasteiger partial charge in [-0.2, -0.15) is 5.10 Å². The van der Waals surface area contributed by atoms with Crippen LogP contribution in [0.2, 0.25) is 5.02 Å². The molecule has 1 heterocycles. The normalized spacial score (nSPS) is 12.3. The van der Waals surface area contributed by atoms with Gasteiger partial charge in [0, 0.05) is 18.3 Å². The van der Waals surface area contributed by atoms with Crippen LogP contribution in [0.15, 0.2) is 40.3 Å². The summed E-state index contributed by atoms with van der Waals surface area (Å²) >= 11 is 5.73. The second-order valence-corrected chi connectivity index (χ2v) is 7.77. The highest BCUT2D eigenvalue weighted by molar-refractivity contribution is 7.93. The van der Waals surface area contributed by atoms with Crippen molar-refractivity contribution in [2.75, 3.05) is 4.72 Å². The molecule has 0 unspecified atom stereocenters. The minimum absolute atomic E-state index is 0.124. The number of sulfonamides is 2. The molecule has 1 aromatic carbocycles. The van der Waals surface area contributed by atoms with Crippen molar-refractivity contribution in [3.8, 4) is 0 Å². The second-order valence-electron chi connectivity index (χ2n) is 4.12. The van der Waals surface area contributed by atoms with Gasteiger partial charge in [0.1, 0.15) is 4.90 Å². The maximum absolute atomic E-state index is 12.2. The van der Waals surface area contributed by atoms with Crippen LogP contribution in [0.1, 0.15) is 0 Å². The Morgan fingerprint density at radius 3 is 2.52 bits per heavy atom. The van der Waals surface area contributed by atoms with Crippen molar-refractivity contribution >= 4 is 37.5 Å². The molecular formula is C10H11ClN4O4S2. The third-order valence-electron chi connectivity index (χ3n) is 2.44. The fourth-order valence-electron chi connectivity index (χ4n) is 1.57. The Morgan fingerprint density at radius 2 is 1.95 bits per heavy atom. The third kappa shape index (κ3) is 3.53. The number of hydrogen-bond acceptors (Lipinski definition) is 5. The van der Waals surface area contributed by atoms with Crippen LogP contribution in [-0.4, -0.2) is 26.6 Å². The van der Waals surface area contributed by atoms with Crippen LogP contribution < -0.4 is 9.86 Å². The van der Waals surface area contributed by atoms with E-state index in [2.05, 4.69) is 9.82 Å². The highest BCUT2D eigenvalue weighted by Gasteiger charge is 2.23. The van der Waals surface area contributed by atoms with E-state index in [0.717, 1.165) is 10.9 Å². The lowest BCUT2D eigenvalue weighted by molar-refractivity contribution is 0.598. The van der Waals surface area contributed by atoms with Gasteiger partial charge in [-0.25, -0.2) is 22.0 Å². The standard InChI is InChI=1S/C10H11ClN4O4S2/c1-15-6-9(20(12,16)17)10(13-15)14-21(18,19)8-4-2-3-7(11)5-8/h2-6H,1H3,(H,13,14)(H2,12,16,17). The summed E-state index contributed by atoms with van der Waals surface area (Å²) in [5.74, 6) is -0.375. The molecule has 0 radical (unpaired) electrons. The molecule has 0 fully saturated rings. The van der Waals surface area contributed by atoms with Gasteiger partial charge in [0.2, 0.25) is 10.0 Å². The summed E-state index contributed by atoms with van der Waals surface area (Å²) in [6.07, 6.45) is 1.10. The van der Waals surface area contributed by atoms with Gasteiger partial charge in [0.15, 0.2) is 5.82 Å². The van der Waals surface area contributed by atoms with Crippen molar-refractivity contribution < 1.29 is 16.8 Å². The first-order valence-corrected chi connectivity index (χ1v) is 8.85. The summed E-state index contributed by atoms with van der Waals surface area (Å²) in [6, 6.07) is 5.50. The molecule has 11 heteroatoms. The molecule has 2 aromatic rings. The molecule has 0 saturated heterocycles. The molecule has 0 atom stereocenters. The van der Waals surface area contributed by atoms with E-state index < -0.39 is 24.9 Å². The molecule has 0 bridgehead atoms. The Labute approximate surface area is 126 Å². The van der Waals surface area contributed by atoms with E-state index >= 15 is 0 Å². The molecular weight excluding hydrogens is 340 g/mol. The topological polar surface area (TPSA) is 124 Å². The predicted octanol–water partition coefficient (Wildman–Crippen LogP) is 0.522. The minimum atomic E-state index is -4.11. The maximum atomic E-state index is 12.2. The van der Waals surface area contributed by atoms with Crippen molar-refractivity contribution in [1.29, 1.82) is 0 Å². The monoisotopic (exact) mass is 350 g/mol. The van der Waals surface area contributed by atoms with E-state index in [1.807, 2.05) is 0 Å². The van der Waals surface area contributed by atoms with Crippen molar-refractivity contribution in [2.45, 2.75) is 9.79 Å². The first-order valence-electron chi connectivity index (χ1n) is 5.44. The zero-order valence-electron chi connectivity index (χ0n) is 10.7. The van der Waals surface area contributed by atoms with E-state index in [-0.39, 0.29) is 15.7 Å². The van der Waals surface area contributed by atoms with Crippen LogP contribution in [-0.2, 0) is 27.1 Å². The van der Waals surface area contributed by atoms with Gasteiger partial charge >= 0.3 is 0 Å². The van der Waals surface area contributed by atoms with Crippen LogP contribution in [0.25, 0.3) is 0 Å². The first-order chi connectivity index (χ1) is 9.59. The lowest BCUT2D eigenvalue weighted by Crippen LogP contribution is -2.18. The zero-order valence-corrected chi connectivity index (χ0v) is 13.1. The summed E-state index contributed by atoms with van der Waals surface area (Å²) in [7, 11) is -6.71. The van der Waals surface area contributed by atoms with E-state index in [9.17, 15) is 16.8 Å². The largest absolute Gasteiger partial charge is 0.272 e. The van der Waals surface area contributed by atoms with Gasteiger partial charge < -0.3 is 0 Å². The molecule has 0 saturated carbocycles. The van der Waals surface area contributed by atoms with Gasteiger partial charge in [0.25, 0.3) is 10.0 Å². The number of nitrogens with one attached hydrogen (secondary N) is 1. The lowest BCUT2D eigenvalue weighted by Gasteiger charge is -2.07. The van der Waals surface area contributed by atoms with Crippen LogP contribution in [0, 0.1) is 0 Å². The Balaban J connectivity index is 2.47. The van der Waals surface area contributed by atoms with Crippen molar-refractivity contribution in [2.24, 2.45) is 12.2 Å². The number of anilines is 1. The SMILES string of the molecule is Cn1cc(S(N)(=O)=O)c(NS(=O)(=O)c2cccc(Cl)c2)n1. The summed E-state index contributed by atoms with van der Waals surface area (Å²) in [5.41, 5.74) is 0. The number of aromatic nitrogens is 2. The van der Waals surface area contributed by atoms with E-state index in [4.69, 9.17) is 16.7 Å². The number of hydrogen-bond donors (Lipinski definition) is 2. The number of aryl methyl sites for hydroxylation is 1. The van der Waals surface area contributed by atoms with E-state index in [0.29, 0.717) is 0 Å². The summed E-state index contributed by atoms with van der Waals surface area (Å²) in [6.45, 7) is 0. The van der Waals surface area contributed by atoms with Gasteiger partial charge in [-0.05, 0) is 18.2 Å². The Morgan fingerprint density at radius 1 is 1.29 bits per heavy atom. The Kier molecular flexibility index (Phi) is 3.97. The fraction of sp³-hybridized carbons (Fsp3) is 0.100. The Bertz CT molecular complexity index is 890. The molecule has 0 aliphatic heterocycles. The molecule has 1 aromatic heterocycles. The molecule has 21 heavy (non-hydrogen) atoms. The summed E-state index contributed by atoms with van der Waals surface area (Å²) in [4.78, 5) is -0.545. The minimum Gasteiger partial charge on any atom is -0.272 e. The molecule has 114 valence electrons. The quantitative estimate of drug-likeness (QED) is 0.831. The van der Waals surface area contributed by atoms with Gasteiger partial charge in [-0.1, -0.05) is 17.7 Å². The first kappa shape index (κ1) is 15.8. The van der Waals surface area contributed by atoms with Crippen molar-refractivity contribution in [3.63, 3.8) is 0 Å². The number of primary sulfonamides is 1. The number of benzene rings is 1. The van der Waals surface area contributed by atoms with E-state index in [1.165, 1.54) is 31.3 Å². The highest BCUT2D eigenvalue weighted by atomic mass is 35.5. The van der Waals surface area contributed by atoms with E-state index in [1.54, 1.807) is 0 Å². The highest BCUT2D eigenvalue weighted by Crippen LogP contribution is 2.22. The van der Waals surface area contributed by atoms with Crippen molar-refractivity contribution in [3.05, 3.63) is 35.5 Å². The summed E-state index contributed by atoms with van der Waals surface area (Å²) in [5, 5.41) is 8.99. The van der Waals surface area contributed by atoms with Crippen LogP contribution in [0.4, 0.5) is 5.82 Å². The summed E-state index contributed by atoms with van der Waals surface area (Å²) < 4.78 is 50.4. The Hall–Kier alpha value is -1.62. The van der Waals surface area contributed by atoms with Gasteiger partial charge in [-0.15, -0.1) is 0 Å². The lowest BCUT2D eigenvalue weighted by atomic mass is 10.4. The zero-order chi connectivity index (χ0) is 15.8. The number of halogens is 1.